The fourth-order valence-electron chi connectivity index (χ4n) is 3.32. The topological polar surface area (TPSA) is 57.6 Å². The van der Waals surface area contributed by atoms with Gasteiger partial charge in [0.2, 0.25) is 5.91 Å². The van der Waals surface area contributed by atoms with Gasteiger partial charge in [0.05, 0.1) is 5.92 Å². The SMILES string of the molecule is CC(CC(=O)N1C2CCC1C(C(=O)O)C2)C(C)(C)C. The highest BCUT2D eigenvalue weighted by Gasteiger charge is 2.51. The number of hydrogen-bond acceptors (Lipinski definition) is 2. The molecule has 0 spiro atoms. The summed E-state index contributed by atoms with van der Waals surface area (Å²) in [4.78, 5) is 25.6. The zero-order valence-corrected chi connectivity index (χ0v) is 12.3. The number of carboxylic acid groups (broad SMARTS) is 1. The third-order valence-corrected chi connectivity index (χ3v) is 5.10. The molecule has 19 heavy (non-hydrogen) atoms. The summed E-state index contributed by atoms with van der Waals surface area (Å²) in [5.41, 5.74) is 0.112. The molecule has 0 saturated carbocycles. The average molecular weight is 267 g/mol. The molecule has 4 atom stereocenters. The molecule has 108 valence electrons. The van der Waals surface area contributed by atoms with Crippen molar-refractivity contribution >= 4 is 11.9 Å². The van der Waals surface area contributed by atoms with Crippen molar-refractivity contribution in [2.75, 3.05) is 0 Å². The third kappa shape index (κ3) is 2.63. The summed E-state index contributed by atoms with van der Waals surface area (Å²) < 4.78 is 0. The van der Waals surface area contributed by atoms with Crippen LogP contribution in [0.4, 0.5) is 0 Å². The maximum Gasteiger partial charge on any atom is 0.308 e. The van der Waals surface area contributed by atoms with E-state index < -0.39 is 5.97 Å². The summed E-state index contributed by atoms with van der Waals surface area (Å²) in [5, 5.41) is 9.21. The first-order chi connectivity index (χ1) is 8.71. The number of hydrogen-bond donors (Lipinski definition) is 1. The molecular weight excluding hydrogens is 242 g/mol. The van der Waals surface area contributed by atoms with E-state index in [-0.39, 0.29) is 29.3 Å². The molecule has 0 radical (unpaired) electrons. The Bertz CT molecular complexity index is 385. The molecule has 2 fully saturated rings. The van der Waals surface area contributed by atoms with E-state index in [1.54, 1.807) is 0 Å². The van der Waals surface area contributed by atoms with Crippen molar-refractivity contribution in [2.45, 2.75) is 65.5 Å². The lowest BCUT2D eigenvalue weighted by Crippen LogP contribution is -2.39. The van der Waals surface area contributed by atoms with Gasteiger partial charge >= 0.3 is 5.97 Å². The van der Waals surface area contributed by atoms with Crippen molar-refractivity contribution in [3.63, 3.8) is 0 Å². The lowest BCUT2D eigenvalue weighted by molar-refractivity contribution is -0.143. The fourth-order valence-corrected chi connectivity index (χ4v) is 3.32. The van der Waals surface area contributed by atoms with Gasteiger partial charge in [0.1, 0.15) is 0 Å². The van der Waals surface area contributed by atoms with Crippen molar-refractivity contribution in [3.8, 4) is 0 Å². The second-order valence-corrected chi connectivity index (χ2v) is 7.25. The first kappa shape index (κ1) is 14.4. The Hall–Kier alpha value is -1.06. The van der Waals surface area contributed by atoms with Crippen molar-refractivity contribution in [1.29, 1.82) is 0 Å². The number of carbonyl (C=O) groups excluding carboxylic acids is 1. The first-order valence-corrected chi connectivity index (χ1v) is 7.25. The number of carbonyl (C=O) groups is 2. The lowest BCUT2D eigenvalue weighted by atomic mass is 9.80. The molecule has 0 aliphatic carbocycles. The Morgan fingerprint density at radius 2 is 1.95 bits per heavy atom. The minimum absolute atomic E-state index is 0.0535. The number of carboxylic acids is 1. The van der Waals surface area contributed by atoms with Crippen molar-refractivity contribution in [2.24, 2.45) is 17.3 Å². The van der Waals surface area contributed by atoms with Crippen LogP contribution in [0.3, 0.4) is 0 Å². The Morgan fingerprint density at radius 3 is 2.42 bits per heavy atom. The second kappa shape index (κ2) is 4.80. The predicted octanol–water partition coefficient (Wildman–Crippen LogP) is 2.52. The Morgan fingerprint density at radius 1 is 1.32 bits per heavy atom. The van der Waals surface area contributed by atoms with Crippen LogP contribution >= 0.6 is 0 Å². The highest BCUT2D eigenvalue weighted by atomic mass is 16.4. The predicted molar refractivity (Wildman–Crippen MR) is 72.6 cm³/mol. The van der Waals surface area contributed by atoms with Gasteiger partial charge in [-0.05, 0) is 30.6 Å². The fraction of sp³-hybridized carbons (Fsp3) is 0.867. The average Bonchev–Trinajstić information content (AvgIpc) is 2.84. The molecule has 2 aliphatic rings. The highest BCUT2D eigenvalue weighted by molar-refractivity contribution is 5.80. The van der Waals surface area contributed by atoms with Crippen molar-refractivity contribution in [1.82, 2.24) is 4.90 Å². The number of amides is 1. The zero-order valence-electron chi connectivity index (χ0n) is 12.3. The van der Waals surface area contributed by atoms with E-state index >= 15 is 0 Å². The molecule has 0 aromatic heterocycles. The number of fused-ring (bicyclic) bond motifs is 2. The summed E-state index contributed by atoms with van der Waals surface area (Å²) in [5.74, 6) is -0.622. The molecular formula is C15H25NO3. The molecule has 4 unspecified atom stereocenters. The van der Waals surface area contributed by atoms with Crippen LogP contribution in [0, 0.1) is 17.3 Å². The minimum atomic E-state index is -0.742. The minimum Gasteiger partial charge on any atom is -0.481 e. The number of aliphatic carboxylic acids is 1. The first-order valence-electron chi connectivity index (χ1n) is 7.25. The van der Waals surface area contributed by atoms with Crippen LogP contribution in [0.2, 0.25) is 0 Å². The summed E-state index contributed by atoms with van der Waals surface area (Å²) in [6.07, 6.45) is 3.01. The molecule has 1 N–H and O–H groups in total. The molecule has 0 aromatic rings. The van der Waals surface area contributed by atoms with Gasteiger partial charge in [-0.25, -0.2) is 0 Å². The molecule has 2 heterocycles. The third-order valence-electron chi connectivity index (χ3n) is 5.10. The Labute approximate surface area is 115 Å². The maximum atomic E-state index is 12.5. The van der Waals surface area contributed by atoms with Gasteiger partial charge < -0.3 is 10.0 Å². The van der Waals surface area contributed by atoms with Crippen LogP contribution in [0.1, 0.15) is 53.4 Å². The van der Waals surface area contributed by atoms with Gasteiger partial charge in [-0.3, -0.25) is 9.59 Å². The van der Waals surface area contributed by atoms with Crippen LogP contribution < -0.4 is 0 Å². The summed E-state index contributed by atoms with van der Waals surface area (Å²) in [6, 6.07) is 0.118. The molecule has 4 nitrogen and oxygen atoms in total. The zero-order chi connectivity index (χ0) is 14.4. The van der Waals surface area contributed by atoms with Crippen LogP contribution in [0.5, 0.6) is 0 Å². The van der Waals surface area contributed by atoms with E-state index in [9.17, 15) is 14.7 Å². The largest absolute Gasteiger partial charge is 0.481 e. The molecule has 1 amide bonds. The van der Waals surface area contributed by atoms with Gasteiger partial charge in [0, 0.05) is 18.5 Å². The van der Waals surface area contributed by atoms with Crippen LogP contribution in [0.15, 0.2) is 0 Å². The smallest absolute Gasteiger partial charge is 0.308 e. The van der Waals surface area contributed by atoms with E-state index in [4.69, 9.17) is 0 Å². The molecule has 2 aliphatic heterocycles. The van der Waals surface area contributed by atoms with Gasteiger partial charge in [0.15, 0.2) is 0 Å². The molecule has 4 heteroatoms. The Balaban J connectivity index is 2.03. The highest BCUT2D eigenvalue weighted by Crippen LogP contribution is 2.43. The van der Waals surface area contributed by atoms with Crippen LogP contribution in [0.25, 0.3) is 0 Å². The number of nitrogens with zero attached hydrogens (tertiary/aromatic N) is 1. The summed E-state index contributed by atoms with van der Waals surface area (Å²) >= 11 is 0. The van der Waals surface area contributed by atoms with Crippen molar-refractivity contribution < 1.29 is 14.7 Å². The van der Waals surface area contributed by atoms with Gasteiger partial charge in [-0.15, -0.1) is 0 Å². The second-order valence-electron chi connectivity index (χ2n) is 7.25. The standard InChI is InChI=1S/C15H25NO3/c1-9(15(2,3)4)7-13(17)16-10-5-6-12(16)11(8-10)14(18)19/h9-12H,5-8H2,1-4H3,(H,18,19). The van der Waals surface area contributed by atoms with E-state index in [0.717, 1.165) is 12.8 Å². The summed E-state index contributed by atoms with van der Waals surface area (Å²) in [6.45, 7) is 8.53. The summed E-state index contributed by atoms with van der Waals surface area (Å²) in [7, 11) is 0. The monoisotopic (exact) mass is 267 g/mol. The van der Waals surface area contributed by atoms with Gasteiger partial charge in [-0.1, -0.05) is 27.7 Å². The van der Waals surface area contributed by atoms with Crippen molar-refractivity contribution in [3.05, 3.63) is 0 Å². The molecule has 2 saturated heterocycles. The van der Waals surface area contributed by atoms with E-state index in [1.807, 2.05) is 4.90 Å². The number of rotatable bonds is 3. The van der Waals surface area contributed by atoms with Crippen LogP contribution in [-0.4, -0.2) is 34.0 Å². The Kier molecular flexibility index (Phi) is 3.63. The van der Waals surface area contributed by atoms with E-state index in [2.05, 4.69) is 27.7 Å². The van der Waals surface area contributed by atoms with Crippen LogP contribution in [-0.2, 0) is 9.59 Å². The quantitative estimate of drug-likeness (QED) is 0.854. The molecule has 0 aromatic carbocycles. The van der Waals surface area contributed by atoms with E-state index in [1.165, 1.54) is 0 Å². The van der Waals surface area contributed by atoms with E-state index in [0.29, 0.717) is 18.8 Å². The maximum absolute atomic E-state index is 12.5. The van der Waals surface area contributed by atoms with Gasteiger partial charge in [-0.2, -0.15) is 0 Å². The molecule has 2 bridgehead atoms. The lowest BCUT2D eigenvalue weighted by Gasteiger charge is -2.30. The molecule has 2 rings (SSSR count). The van der Waals surface area contributed by atoms with Gasteiger partial charge in [0.25, 0.3) is 0 Å². The normalized spacial score (nSPS) is 31.6.